The van der Waals surface area contributed by atoms with Gasteiger partial charge in [-0.15, -0.1) is 0 Å². The lowest BCUT2D eigenvalue weighted by atomic mass is 10.2. The monoisotopic (exact) mass is 256 g/mol. The predicted molar refractivity (Wildman–Crippen MR) is 63.5 cm³/mol. The number of halogens is 2. The number of hydrogen-bond acceptors (Lipinski definition) is 3. The Hall–Kier alpha value is -1.72. The second-order valence-electron chi connectivity index (χ2n) is 4.55. The van der Waals surface area contributed by atoms with Gasteiger partial charge in [0.15, 0.2) is 0 Å². The normalized spacial score (nSPS) is 14.6. The molecule has 1 aliphatic carbocycles. The third kappa shape index (κ3) is 3.15. The van der Waals surface area contributed by atoms with Crippen LogP contribution in [0.5, 0.6) is 0 Å². The van der Waals surface area contributed by atoms with Crippen LogP contribution in [0.4, 0.5) is 20.2 Å². The Labute approximate surface area is 103 Å². The third-order valence-corrected chi connectivity index (χ3v) is 3.01. The van der Waals surface area contributed by atoms with Crippen LogP contribution >= 0.6 is 0 Å². The first-order valence-corrected chi connectivity index (χ1v) is 5.95. The van der Waals surface area contributed by atoms with Crippen LogP contribution in [0.1, 0.15) is 25.7 Å². The summed E-state index contributed by atoms with van der Waals surface area (Å²) >= 11 is 0. The third-order valence-electron chi connectivity index (χ3n) is 3.01. The van der Waals surface area contributed by atoms with Gasteiger partial charge in [-0.2, -0.15) is 4.39 Å². The Kier molecular flexibility index (Phi) is 3.74. The van der Waals surface area contributed by atoms with E-state index in [2.05, 4.69) is 5.32 Å². The molecule has 18 heavy (non-hydrogen) atoms. The molecule has 0 bridgehead atoms. The van der Waals surface area contributed by atoms with E-state index in [1.54, 1.807) is 0 Å². The number of anilines is 1. The number of hydrogen-bond donors (Lipinski definition) is 1. The Bertz CT molecular complexity index is 462. The van der Waals surface area contributed by atoms with Crippen molar-refractivity contribution in [3.05, 3.63) is 33.9 Å². The summed E-state index contributed by atoms with van der Waals surface area (Å²) in [5, 5.41) is 13.4. The lowest BCUT2D eigenvalue weighted by Crippen LogP contribution is -2.06. The van der Waals surface area contributed by atoms with Crippen LogP contribution in [-0.4, -0.2) is 11.5 Å². The van der Waals surface area contributed by atoms with E-state index in [-0.39, 0.29) is 5.69 Å². The molecule has 98 valence electrons. The number of nitrogens with one attached hydrogen (secondary N) is 1. The number of rotatable bonds is 6. The summed E-state index contributed by atoms with van der Waals surface area (Å²) in [4.78, 5) is 9.87. The molecule has 2 rings (SSSR count). The molecule has 1 N–H and O–H groups in total. The van der Waals surface area contributed by atoms with Crippen LogP contribution in [0.25, 0.3) is 0 Å². The topological polar surface area (TPSA) is 55.2 Å². The maximum Gasteiger partial charge on any atom is 0.327 e. The van der Waals surface area contributed by atoms with Crippen LogP contribution in [-0.2, 0) is 0 Å². The van der Waals surface area contributed by atoms with E-state index in [1.165, 1.54) is 12.8 Å². The highest BCUT2D eigenvalue weighted by atomic mass is 19.1. The van der Waals surface area contributed by atoms with Gasteiger partial charge in [-0.25, -0.2) is 4.39 Å². The molecule has 6 heteroatoms. The van der Waals surface area contributed by atoms with Crippen molar-refractivity contribution in [2.75, 3.05) is 11.9 Å². The first-order chi connectivity index (χ1) is 8.58. The first-order valence-electron chi connectivity index (χ1n) is 5.95. The van der Waals surface area contributed by atoms with Crippen molar-refractivity contribution in [1.82, 2.24) is 0 Å². The molecular formula is C12H14F2N2O2. The molecule has 0 heterocycles. The fourth-order valence-electron chi connectivity index (χ4n) is 1.91. The highest BCUT2D eigenvalue weighted by molar-refractivity contribution is 5.62. The molecule has 0 aromatic heterocycles. The molecule has 0 saturated heterocycles. The molecule has 0 atom stereocenters. The molecule has 0 spiro atoms. The van der Waals surface area contributed by atoms with Crippen LogP contribution in [0.3, 0.4) is 0 Å². The molecule has 1 fully saturated rings. The smallest absolute Gasteiger partial charge is 0.327 e. The van der Waals surface area contributed by atoms with Gasteiger partial charge >= 0.3 is 5.69 Å². The molecule has 1 aromatic rings. The molecule has 1 saturated carbocycles. The van der Waals surface area contributed by atoms with Crippen molar-refractivity contribution in [1.29, 1.82) is 0 Å². The van der Waals surface area contributed by atoms with Gasteiger partial charge in [0, 0.05) is 18.7 Å². The molecule has 1 aliphatic rings. The van der Waals surface area contributed by atoms with Crippen molar-refractivity contribution in [3.63, 3.8) is 0 Å². The molecular weight excluding hydrogens is 242 g/mol. The Morgan fingerprint density at radius 3 is 2.72 bits per heavy atom. The van der Waals surface area contributed by atoms with Crippen molar-refractivity contribution in [3.8, 4) is 0 Å². The lowest BCUT2D eigenvalue weighted by molar-refractivity contribution is -0.386. The van der Waals surface area contributed by atoms with Crippen molar-refractivity contribution in [2.24, 2.45) is 5.92 Å². The summed E-state index contributed by atoms with van der Waals surface area (Å²) in [6.07, 6.45) is 4.39. The number of nitrogens with zero attached hydrogens (tertiary/aromatic N) is 1. The van der Waals surface area contributed by atoms with Crippen molar-refractivity contribution >= 4 is 11.4 Å². The zero-order chi connectivity index (χ0) is 13.1. The Morgan fingerprint density at radius 2 is 2.11 bits per heavy atom. The summed E-state index contributed by atoms with van der Waals surface area (Å²) < 4.78 is 26.3. The number of benzene rings is 1. The van der Waals surface area contributed by atoms with E-state index in [1.807, 2.05) is 0 Å². The Balaban J connectivity index is 2.02. The summed E-state index contributed by atoms with van der Waals surface area (Å²) in [5.41, 5.74) is -0.781. The zero-order valence-electron chi connectivity index (χ0n) is 9.79. The average Bonchev–Trinajstić information content (AvgIpc) is 3.06. The molecule has 4 nitrogen and oxygen atoms in total. The largest absolute Gasteiger partial charge is 0.379 e. The fourth-order valence-corrected chi connectivity index (χ4v) is 1.91. The maximum atomic E-state index is 13.3. The molecule has 1 aromatic carbocycles. The highest BCUT2D eigenvalue weighted by Crippen LogP contribution is 2.33. The first kappa shape index (κ1) is 12.7. The van der Waals surface area contributed by atoms with Gasteiger partial charge in [0.2, 0.25) is 5.82 Å². The van der Waals surface area contributed by atoms with Crippen LogP contribution in [0, 0.1) is 27.7 Å². The molecule has 0 amide bonds. The van der Waals surface area contributed by atoms with Gasteiger partial charge in [-0.1, -0.05) is 12.8 Å². The minimum absolute atomic E-state index is 0.0895. The van der Waals surface area contributed by atoms with Gasteiger partial charge in [-0.3, -0.25) is 10.1 Å². The van der Waals surface area contributed by atoms with Gasteiger partial charge in [-0.05, 0) is 18.8 Å². The van der Waals surface area contributed by atoms with E-state index in [0.29, 0.717) is 12.6 Å². The van der Waals surface area contributed by atoms with Gasteiger partial charge < -0.3 is 5.32 Å². The lowest BCUT2D eigenvalue weighted by Gasteiger charge is -2.07. The molecule has 0 aliphatic heterocycles. The zero-order valence-corrected chi connectivity index (χ0v) is 9.79. The van der Waals surface area contributed by atoms with Crippen LogP contribution in [0.2, 0.25) is 0 Å². The summed E-state index contributed by atoms with van der Waals surface area (Å²) in [7, 11) is 0. The van der Waals surface area contributed by atoms with Crippen molar-refractivity contribution in [2.45, 2.75) is 25.7 Å². The molecule has 0 unspecified atom stereocenters. The maximum absolute atomic E-state index is 13.3. The van der Waals surface area contributed by atoms with Gasteiger partial charge in [0.05, 0.1) is 4.92 Å². The SMILES string of the molecule is O=[N+]([O-])c1c(F)cc(F)cc1NCCCC1CC1. The van der Waals surface area contributed by atoms with E-state index in [0.717, 1.165) is 24.8 Å². The van der Waals surface area contributed by atoms with E-state index >= 15 is 0 Å². The summed E-state index contributed by atoms with van der Waals surface area (Å²) in [5.74, 6) is -1.20. The summed E-state index contributed by atoms with van der Waals surface area (Å²) in [6.45, 7) is 0.486. The summed E-state index contributed by atoms with van der Waals surface area (Å²) in [6, 6.07) is 1.48. The number of nitro groups is 1. The van der Waals surface area contributed by atoms with Crippen LogP contribution < -0.4 is 5.32 Å². The second kappa shape index (κ2) is 5.29. The minimum atomic E-state index is -1.15. The second-order valence-corrected chi connectivity index (χ2v) is 4.55. The standard InChI is InChI=1S/C12H14F2N2O2/c13-9-6-10(14)12(16(17)18)11(7-9)15-5-1-2-8-3-4-8/h6-8,15H,1-5H2. The van der Waals surface area contributed by atoms with Gasteiger partial charge in [0.1, 0.15) is 11.5 Å². The van der Waals surface area contributed by atoms with E-state index in [4.69, 9.17) is 0 Å². The fraction of sp³-hybridized carbons (Fsp3) is 0.500. The van der Waals surface area contributed by atoms with Gasteiger partial charge in [0.25, 0.3) is 0 Å². The van der Waals surface area contributed by atoms with E-state index < -0.39 is 22.2 Å². The number of nitro benzene ring substituents is 1. The van der Waals surface area contributed by atoms with Crippen LogP contribution in [0.15, 0.2) is 12.1 Å². The average molecular weight is 256 g/mol. The Morgan fingerprint density at radius 1 is 1.39 bits per heavy atom. The quantitative estimate of drug-likeness (QED) is 0.481. The van der Waals surface area contributed by atoms with E-state index in [9.17, 15) is 18.9 Å². The predicted octanol–water partition coefficient (Wildman–Crippen LogP) is 3.48. The van der Waals surface area contributed by atoms with Crippen molar-refractivity contribution < 1.29 is 13.7 Å². The highest BCUT2D eigenvalue weighted by Gasteiger charge is 2.23. The molecule has 0 radical (unpaired) electrons. The minimum Gasteiger partial charge on any atom is -0.379 e.